The zero-order chi connectivity index (χ0) is 24.0. The third-order valence-electron chi connectivity index (χ3n) is 5.85. The van der Waals surface area contributed by atoms with Crippen LogP contribution in [0, 0.1) is 11.3 Å². The monoisotopic (exact) mass is 471 g/mol. The summed E-state index contributed by atoms with van der Waals surface area (Å²) in [6.45, 7) is 0.583. The maximum absolute atomic E-state index is 10.4. The summed E-state index contributed by atoms with van der Waals surface area (Å²) in [6.07, 6.45) is 1.79. The Morgan fingerprint density at radius 2 is 1.31 bits per heavy atom. The lowest BCUT2D eigenvalue weighted by atomic mass is 9.98. The van der Waals surface area contributed by atoms with Gasteiger partial charge in [0.2, 0.25) is 0 Å². The molecule has 1 aromatic heterocycles. The summed E-state index contributed by atoms with van der Waals surface area (Å²) in [5, 5.41) is 11.1. The first-order valence-electron chi connectivity index (χ1n) is 11.4. The van der Waals surface area contributed by atoms with Gasteiger partial charge >= 0.3 is 0 Å². The van der Waals surface area contributed by atoms with Gasteiger partial charge in [-0.2, -0.15) is 5.26 Å². The molecule has 0 aliphatic rings. The molecule has 0 aliphatic heterocycles. The van der Waals surface area contributed by atoms with Crippen molar-refractivity contribution in [2.24, 2.45) is 4.99 Å². The molecule has 4 heteroatoms. The van der Waals surface area contributed by atoms with Gasteiger partial charge in [0, 0.05) is 23.3 Å². The molecular formula is C31H22ClN3. The highest BCUT2D eigenvalue weighted by Gasteiger charge is 2.25. The van der Waals surface area contributed by atoms with Crippen molar-refractivity contribution >= 4 is 23.6 Å². The fourth-order valence-electron chi connectivity index (χ4n) is 4.23. The van der Waals surface area contributed by atoms with E-state index in [1.807, 2.05) is 91.0 Å². The molecule has 0 fully saturated rings. The lowest BCUT2D eigenvalue weighted by molar-refractivity contribution is 0.816. The number of halogens is 1. The zero-order valence-corrected chi connectivity index (χ0v) is 19.7. The van der Waals surface area contributed by atoms with Crippen molar-refractivity contribution in [2.45, 2.75) is 6.54 Å². The minimum atomic E-state index is 0.552. The van der Waals surface area contributed by atoms with E-state index in [9.17, 15) is 5.26 Å². The molecular weight excluding hydrogens is 450 g/mol. The molecule has 4 aromatic carbocycles. The standard InChI is InChI=1S/C31H22ClN3/c32-27-18-16-23(17-19-27)21-34-31-28(20-33)29(25-12-6-2-7-13-25)30(26-14-8-3-9-15-26)35(31)22-24-10-4-1-5-11-24/h1-19,21H,22H2. The topological polar surface area (TPSA) is 41.1 Å². The van der Waals surface area contributed by atoms with Crippen LogP contribution < -0.4 is 0 Å². The van der Waals surface area contributed by atoms with Crippen LogP contribution >= 0.6 is 11.6 Å². The summed E-state index contributed by atoms with van der Waals surface area (Å²) >= 11 is 6.06. The van der Waals surface area contributed by atoms with Crippen LogP contribution in [-0.4, -0.2) is 10.8 Å². The van der Waals surface area contributed by atoms with Crippen molar-refractivity contribution in [3.63, 3.8) is 0 Å². The number of nitriles is 1. The number of hydrogen-bond donors (Lipinski definition) is 0. The maximum Gasteiger partial charge on any atom is 0.152 e. The van der Waals surface area contributed by atoms with Crippen molar-refractivity contribution in [3.8, 4) is 28.5 Å². The SMILES string of the molecule is N#Cc1c(-c2ccccc2)c(-c2ccccc2)n(Cc2ccccc2)c1N=Cc1ccc(Cl)cc1. The first kappa shape index (κ1) is 22.4. The van der Waals surface area contributed by atoms with Gasteiger partial charge in [-0.05, 0) is 34.4 Å². The molecule has 1 heterocycles. The van der Waals surface area contributed by atoms with Gasteiger partial charge in [-0.3, -0.25) is 0 Å². The third kappa shape index (κ3) is 4.80. The summed E-state index contributed by atoms with van der Waals surface area (Å²) in [5.41, 5.74) is 6.47. The van der Waals surface area contributed by atoms with Crippen molar-refractivity contribution in [2.75, 3.05) is 0 Å². The number of benzene rings is 4. The van der Waals surface area contributed by atoms with Crippen LogP contribution in [0.25, 0.3) is 22.4 Å². The number of nitrogens with zero attached hydrogens (tertiary/aromatic N) is 3. The summed E-state index contributed by atoms with van der Waals surface area (Å²) < 4.78 is 2.15. The van der Waals surface area contributed by atoms with E-state index in [1.54, 1.807) is 6.21 Å². The minimum Gasteiger partial charge on any atom is -0.320 e. The molecule has 0 spiro atoms. The lowest BCUT2D eigenvalue weighted by Gasteiger charge is -2.14. The molecule has 5 rings (SSSR count). The van der Waals surface area contributed by atoms with E-state index in [-0.39, 0.29) is 0 Å². The van der Waals surface area contributed by atoms with Crippen LogP contribution in [0.4, 0.5) is 5.82 Å². The lowest BCUT2D eigenvalue weighted by Crippen LogP contribution is -2.02. The Kier molecular flexibility index (Phi) is 6.57. The highest BCUT2D eigenvalue weighted by Crippen LogP contribution is 2.43. The van der Waals surface area contributed by atoms with E-state index in [0.717, 1.165) is 33.5 Å². The van der Waals surface area contributed by atoms with Gasteiger partial charge in [0.1, 0.15) is 11.6 Å². The van der Waals surface area contributed by atoms with Gasteiger partial charge in [0.05, 0.1) is 5.69 Å². The molecule has 0 aliphatic carbocycles. The average Bonchev–Trinajstić information content (AvgIpc) is 3.22. The van der Waals surface area contributed by atoms with Gasteiger partial charge in [-0.15, -0.1) is 0 Å². The third-order valence-corrected chi connectivity index (χ3v) is 6.10. The van der Waals surface area contributed by atoms with Crippen molar-refractivity contribution < 1.29 is 0 Å². The number of aromatic nitrogens is 1. The zero-order valence-electron chi connectivity index (χ0n) is 19.0. The molecule has 0 amide bonds. The Hall–Kier alpha value is -4.39. The van der Waals surface area contributed by atoms with Gasteiger partial charge < -0.3 is 4.57 Å². The number of hydrogen-bond acceptors (Lipinski definition) is 2. The number of aliphatic imine (C=N–C) groups is 1. The van der Waals surface area contributed by atoms with Crippen LogP contribution in [0.1, 0.15) is 16.7 Å². The summed E-state index contributed by atoms with van der Waals surface area (Å²) in [4.78, 5) is 4.88. The second-order valence-electron chi connectivity index (χ2n) is 8.15. The highest BCUT2D eigenvalue weighted by atomic mass is 35.5. The molecule has 168 valence electrons. The second-order valence-corrected chi connectivity index (χ2v) is 8.58. The summed E-state index contributed by atoms with van der Waals surface area (Å²) in [7, 11) is 0. The quantitative estimate of drug-likeness (QED) is 0.230. The maximum atomic E-state index is 10.4. The summed E-state index contributed by atoms with van der Waals surface area (Å²) in [6, 6.07) is 40.5. The molecule has 0 saturated heterocycles. The number of rotatable bonds is 6. The van der Waals surface area contributed by atoms with Crippen LogP contribution in [0.5, 0.6) is 0 Å². The molecule has 0 N–H and O–H groups in total. The van der Waals surface area contributed by atoms with Gasteiger partial charge in [0.15, 0.2) is 5.82 Å². The Balaban J connectivity index is 1.79. The first-order chi connectivity index (χ1) is 17.2. The molecule has 0 bridgehead atoms. The fraction of sp³-hybridized carbons (Fsp3) is 0.0323. The normalized spacial score (nSPS) is 11.0. The van der Waals surface area contributed by atoms with Crippen molar-refractivity contribution in [1.82, 2.24) is 4.57 Å². The minimum absolute atomic E-state index is 0.552. The Morgan fingerprint density at radius 1 is 0.743 bits per heavy atom. The van der Waals surface area contributed by atoms with E-state index < -0.39 is 0 Å². The van der Waals surface area contributed by atoms with Gasteiger partial charge in [-0.1, -0.05) is 115 Å². The Bertz CT molecular complexity index is 1500. The molecule has 3 nitrogen and oxygen atoms in total. The highest BCUT2D eigenvalue weighted by molar-refractivity contribution is 6.30. The van der Waals surface area contributed by atoms with Crippen molar-refractivity contribution in [1.29, 1.82) is 5.26 Å². The predicted octanol–water partition coefficient (Wildman–Crippen LogP) is 8.15. The summed E-state index contributed by atoms with van der Waals surface area (Å²) in [5.74, 6) is 0.629. The van der Waals surface area contributed by atoms with Gasteiger partial charge in [-0.25, -0.2) is 4.99 Å². The largest absolute Gasteiger partial charge is 0.320 e. The van der Waals surface area contributed by atoms with Crippen LogP contribution in [0.3, 0.4) is 0 Å². The molecule has 5 aromatic rings. The molecule has 0 saturated carbocycles. The van der Waals surface area contributed by atoms with Crippen LogP contribution in [-0.2, 0) is 6.54 Å². The first-order valence-corrected chi connectivity index (χ1v) is 11.7. The predicted molar refractivity (Wildman–Crippen MR) is 144 cm³/mol. The van der Waals surface area contributed by atoms with Gasteiger partial charge in [0.25, 0.3) is 0 Å². The average molecular weight is 472 g/mol. The Morgan fingerprint density at radius 3 is 1.91 bits per heavy atom. The molecule has 0 radical (unpaired) electrons. The van der Waals surface area contributed by atoms with E-state index in [4.69, 9.17) is 16.6 Å². The Labute approximate surface area is 210 Å². The van der Waals surface area contributed by atoms with E-state index in [2.05, 4.69) is 34.9 Å². The van der Waals surface area contributed by atoms with E-state index >= 15 is 0 Å². The van der Waals surface area contributed by atoms with E-state index in [0.29, 0.717) is 22.9 Å². The molecule has 0 atom stereocenters. The fourth-order valence-corrected chi connectivity index (χ4v) is 4.36. The van der Waals surface area contributed by atoms with E-state index in [1.165, 1.54) is 0 Å². The smallest absolute Gasteiger partial charge is 0.152 e. The second kappa shape index (κ2) is 10.3. The molecule has 35 heavy (non-hydrogen) atoms. The van der Waals surface area contributed by atoms with Crippen LogP contribution in [0.15, 0.2) is 120 Å². The van der Waals surface area contributed by atoms with Crippen LogP contribution in [0.2, 0.25) is 5.02 Å². The van der Waals surface area contributed by atoms with Crippen molar-refractivity contribution in [3.05, 3.63) is 137 Å². The molecule has 0 unspecified atom stereocenters.